The molecule has 7 nitrogen and oxygen atoms in total. The Balaban J connectivity index is 1.89. The van der Waals surface area contributed by atoms with E-state index in [0.717, 1.165) is 36.1 Å². The van der Waals surface area contributed by atoms with Crippen LogP contribution in [0, 0.1) is 0 Å². The fraction of sp³-hybridized carbons (Fsp3) is 0.222. The van der Waals surface area contributed by atoms with Gasteiger partial charge in [-0.05, 0) is 68.4 Å². The van der Waals surface area contributed by atoms with Gasteiger partial charge >= 0.3 is 0 Å². The second-order valence-electron chi connectivity index (χ2n) is 8.13. The van der Waals surface area contributed by atoms with Crippen LogP contribution >= 0.6 is 11.6 Å². The van der Waals surface area contributed by atoms with Crippen molar-refractivity contribution in [3.63, 3.8) is 0 Å². The van der Waals surface area contributed by atoms with Crippen molar-refractivity contribution in [1.29, 1.82) is 0 Å². The predicted octanol–water partition coefficient (Wildman–Crippen LogP) is 5.78. The first kappa shape index (κ1) is 25.9. The average molecular weight is 492 g/mol. The maximum atomic E-state index is 12.0. The van der Waals surface area contributed by atoms with E-state index in [1.165, 1.54) is 6.08 Å². The van der Waals surface area contributed by atoms with Gasteiger partial charge in [-0.15, -0.1) is 0 Å². The van der Waals surface area contributed by atoms with Gasteiger partial charge in [-0.2, -0.15) is 0 Å². The quantitative estimate of drug-likeness (QED) is 0.387. The molecule has 1 heterocycles. The van der Waals surface area contributed by atoms with Crippen molar-refractivity contribution in [3.05, 3.63) is 84.2 Å². The Hall–Kier alpha value is -3.68. The minimum Gasteiger partial charge on any atom is -0.490 e. The van der Waals surface area contributed by atoms with Crippen LogP contribution in [-0.4, -0.2) is 48.0 Å². The number of carbonyl (C=O) groups excluding carboxylic acids is 1. The summed E-state index contributed by atoms with van der Waals surface area (Å²) in [5, 5.41) is 6.65. The molecule has 0 saturated carbocycles. The Morgan fingerprint density at radius 2 is 2.11 bits per heavy atom. The molecule has 1 aliphatic rings. The predicted molar refractivity (Wildman–Crippen MR) is 145 cm³/mol. The van der Waals surface area contributed by atoms with Crippen molar-refractivity contribution in [3.8, 4) is 5.75 Å². The maximum absolute atomic E-state index is 12.0. The van der Waals surface area contributed by atoms with Gasteiger partial charge in [0.15, 0.2) is 0 Å². The SMILES string of the molecule is C=CC(=O)Nc1cc(Nc2ncc(C=C)c(C(=C)C3=C(Cl)C=CCC3)n2)ccc1OCCN(C)C. The number of carbonyl (C=O) groups is 1. The first-order chi connectivity index (χ1) is 16.8. The molecule has 1 aliphatic carbocycles. The van der Waals surface area contributed by atoms with Crippen LogP contribution in [0.15, 0.2) is 73.0 Å². The van der Waals surface area contributed by atoms with Gasteiger partial charge in [-0.3, -0.25) is 4.79 Å². The number of aromatic nitrogens is 2. The molecule has 3 rings (SSSR count). The molecule has 1 aromatic heterocycles. The summed E-state index contributed by atoms with van der Waals surface area (Å²) in [5.74, 6) is 0.588. The molecule has 2 aromatic rings. The van der Waals surface area contributed by atoms with E-state index < -0.39 is 0 Å². The number of likely N-dealkylation sites (N-methyl/N-ethyl adjacent to an activating group) is 1. The molecular formula is C27H30ClN5O2. The summed E-state index contributed by atoms with van der Waals surface area (Å²) in [5.41, 5.74) is 4.29. The number of hydrogen-bond acceptors (Lipinski definition) is 6. The fourth-order valence-electron chi connectivity index (χ4n) is 3.40. The molecule has 0 spiro atoms. The minimum absolute atomic E-state index is 0.337. The summed E-state index contributed by atoms with van der Waals surface area (Å²) in [4.78, 5) is 23.1. The Morgan fingerprint density at radius 1 is 1.31 bits per heavy atom. The van der Waals surface area contributed by atoms with Crippen molar-refractivity contribution < 1.29 is 9.53 Å². The minimum atomic E-state index is -0.337. The van der Waals surface area contributed by atoms with Gasteiger partial charge < -0.3 is 20.3 Å². The van der Waals surface area contributed by atoms with Crippen LogP contribution in [0.3, 0.4) is 0 Å². The summed E-state index contributed by atoms with van der Waals surface area (Å²) >= 11 is 6.42. The zero-order valence-corrected chi connectivity index (χ0v) is 20.9. The van der Waals surface area contributed by atoms with Crippen LogP contribution in [-0.2, 0) is 4.79 Å². The van der Waals surface area contributed by atoms with E-state index in [1.807, 2.05) is 37.2 Å². The third kappa shape index (κ3) is 6.91. The lowest BCUT2D eigenvalue weighted by Gasteiger charge is -2.17. The van der Waals surface area contributed by atoms with Gasteiger partial charge in [0, 0.05) is 29.0 Å². The Kier molecular flexibility index (Phi) is 9.00. The number of rotatable bonds is 11. The number of anilines is 3. The molecular weight excluding hydrogens is 462 g/mol. The number of amides is 1. The highest BCUT2D eigenvalue weighted by Gasteiger charge is 2.17. The molecule has 35 heavy (non-hydrogen) atoms. The Bertz CT molecular complexity index is 1200. The molecule has 0 aliphatic heterocycles. The van der Waals surface area contributed by atoms with Crippen molar-refractivity contribution >= 4 is 46.5 Å². The second kappa shape index (κ2) is 12.1. The zero-order valence-electron chi connectivity index (χ0n) is 20.1. The van der Waals surface area contributed by atoms with Crippen LogP contribution < -0.4 is 15.4 Å². The van der Waals surface area contributed by atoms with Gasteiger partial charge in [0.1, 0.15) is 12.4 Å². The molecule has 1 amide bonds. The molecule has 0 unspecified atom stereocenters. The monoisotopic (exact) mass is 491 g/mol. The van der Waals surface area contributed by atoms with E-state index in [-0.39, 0.29) is 5.91 Å². The van der Waals surface area contributed by atoms with Crippen LogP contribution in [0.5, 0.6) is 5.75 Å². The molecule has 0 radical (unpaired) electrons. The first-order valence-electron chi connectivity index (χ1n) is 11.2. The van der Waals surface area contributed by atoms with E-state index in [0.29, 0.717) is 40.4 Å². The molecule has 2 N–H and O–H groups in total. The fourth-order valence-corrected chi connectivity index (χ4v) is 3.69. The molecule has 182 valence electrons. The van der Waals surface area contributed by atoms with Crippen molar-refractivity contribution in [1.82, 2.24) is 14.9 Å². The number of nitrogens with zero attached hydrogens (tertiary/aromatic N) is 3. The highest BCUT2D eigenvalue weighted by molar-refractivity contribution is 6.32. The topological polar surface area (TPSA) is 79.4 Å². The Labute approximate surface area is 211 Å². The molecule has 0 fully saturated rings. The van der Waals surface area contributed by atoms with Gasteiger partial charge in [0.25, 0.3) is 0 Å². The van der Waals surface area contributed by atoms with E-state index in [1.54, 1.807) is 24.4 Å². The molecule has 8 heteroatoms. The lowest BCUT2D eigenvalue weighted by molar-refractivity contribution is -0.111. The average Bonchev–Trinajstić information content (AvgIpc) is 2.85. The van der Waals surface area contributed by atoms with Crippen LogP contribution in [0.4, 0.5) is 17.3 Å². The summed E-state index contributed by atoms with van der Waals surface area (Å²) in [6.07, 6.45) is 10.2. The number of benzene rings is 1. The summed E-state index contributed by atoms with van der Waals surface area (Å²) in [6.45, 7) is 12.9. The zero-order chi connectivity index (χ0) is 25.4. The van der Waals surface area contributed by atoms with Gasteiger partial charge in [0.2, 0.25) is 11.9 Å². The first-order valence-corrected chi connectivity index (χ1v) is 11.6. The van der Waals surface area contributed by atoms with E-state index in [9.17, 15) is 4.79 Å². The van der Waals surface area contributed by atoms with E-state index >= 15 is 0 Å². The van der Waals surface area contributed by atoms with Crippen molar-refractivity contribution in [2.24, 2.45) is 0 Å². The Morgan fingerprint density at radius 3 is 2.80 bits per heavy atom. The van der Waals surface area contributed by atoms with Crippen LogP contribution in [0.25, 0.3) is 11.6 Å². The summed E-state index contributed by atoms with van der Waals surface area (Å²) in [6, 6.07) is 5.38. The highest BCUT2D eigenvalue weighted by Crippen LogP contribution is 2.34. The third-order valence-corrected chi connectivity index (χ3v) is 5.63. The van der Waals surface area contributed by atoms with E-state index in [4.69, 9.17) is 21.3 Å². The highest BCUT2D eigenvalue weighted by atomic mass is 35.5. The number of ether oxygens (including phenoxy) is 1. The number of nitrogens with one attached hydrogen (secondary N) is 2. The summed E-state index contributed by atoms with van der Waals surface area (Å²) in [7, 11) is 3.93. The lowest BCUT2D eigenvalue weighted by Crippen LogP contribution is -2.20. The smallest absolute Gasteiger partial charge is 0.247 e. The second-order valence-corrected chi connectivity index (χ2v) is 8.54. The van der Waals surface area contributed by atoms with Crippen molar-refractivity contribution in [2.45, 2.75) is 12.8 Å². The van der Waals surface area contributed by atoms with Gasteiger partial charge in [-0.1, -0.05) is 43.5 Å². The summed E-state index contributed by atoms with van der Waals surface area (Å²) < 4.78 is 5.86. The third-order valence-electron chi connectivity index (χ3n) is 5.28. The van der Waals surface area contributed by atoms with Crippen LogP contribution in [0.1, 0.15) is 24.1 Å². The normalized spacial score (nSPS) is 12.9. The van der Waals surface area contributed by atoms with Gasteiger partial charge in [0.05, 0.1) is 11.4 Å². The number of allylic oxidation sites excluding steroid dienone is 5. The molecule has 0 bridgehead atoms. The maximum Gasteiger partial charge on any atom is 0.247 e. The van der Waals surface area contributed by atoms with Crippen molar-refractivity contribution in [2.75, 3.05) is 37.9 Å². The largest absolute Gasteiger partial charge is 0.490 e. The standard InChI is InChI=1S/C27H30ClN5O2/c1-6-19-17-29-27(32-26(19)18(3)21-10-8-9-11-22(21)28)30-20-12-13-24(35-15-14-33(4)5)23(16-20)31-25(34)7-2/h6-7,9,11-13,16-17H,1-3,8,10,14-15H2,4-5H3,(H,31,34)(H,29,30,32). The van der Waals surface area contributed by atoms with E-state index in [2.05, 4.69) is 35.4 Å². The molecule has 1 aromatic carbocycles. The van der Waals surface area contributed by atoms with Gasteiger partial charge in [-0.25, -0.2) is 9.97 Å². The molecule has 0 atom stereocenters. The van der Waals surface area contributed by atoms with Crippen LogP contribution in [0.2, 0.25) is 0 Å². The number of halogens is 1. The lowest BCUT2D eigenvalue weighted by atomic mass is 9.94. The molecule has 0 saturated heterocycles. The number of hydrogen-bond donors (Lipinski definition) is 2.